The smallest absolute Gasteiger partial charge is 0.251 e. The predicted molar refractivity (Wildman–Crippen MR) is 181 cm³/mol. The number of benzene rings is 3. The van der Waals surface area contributed by atoms with Gasteiger partial charge in [-0.05, 0) is 93.9 Å². The number of amides is 1. The highest BCUT2D eigenvalue weighted by molar-refractivity contribution is 9.11. The summed E-state index contributed by atoms with van der Waals surface area (Å²) in [6, 6.07) is 10.9. The zero-order valence-corrected chi connectivity index (χ0v) is 29.3. The molecule has 0 aromatic heterocycles. The molecular formula is C32H33Br4NO4. The maximum absolute atomic E-state index is 13.5. The van der Waals surface area contributed by atoms with E-state index in [-0.39, 0.29) is 21.6 Å². The summed E-state index contributed by atoms with van der Waals surface area (Å²) < 4.78 is 7.62. The Morgan fingerprint density at radius 3 is 2.15 bits per heavy atom. The molecule has 218 valence electrons. The highest BCUT2D eigenvalue weighted by atomic mass is 79.9. The average Bonchev–Trinajstić information content (AvgIpc) is 2.97. The minimum atomic E-state index is -0.258. The fourth-order valence-corrected chi connectivity index (χ4v) is 7.49. The minimum Gasteiger partial charge on any atom is -0.505 e. The number of phenols is 1. The second kappa shape index (κ2) is 15.2. The van der Waals surface area contributed by atoms with Crippen LogP contribution in [-0.4, -0.2) is 17.6 Å². The van der Waals surface area contributed by atoms with Gasteiger partial charge in [0.25, 0.3) is 5.91 Å². The molecule has 2 aromatic rings. The second-order valence-electron chi connectivity index (χ2n) is 10.2. The van der Waals surface area contributed by atoms with Crippen molar-refractivity contribution in [2.75, 3.05) is 6.54 Å². The van der Waals surface area contributed by atoms with Crippen molar-refractivity contribution in [1.29, 1.82) is 0 Å². The molecule has 1 aliphatic carbocycles. The van der Waals surface area contributed by atoms with Gasteiger partial charge in [0, 0.05) is 28.6 Å². The van der Waals surface area contributed by atoms with Crippen molar-refractivity contribution in [1.82, 2.24) is 5.32 Å². The molecule has 2 N–H and O–H groups in total. The SMILES string of the molecule is CCCCCCCCCCCCNC(=O)c1ccccc1-c1c2cc(Br)c(=O)c(Br)c-2oc2c(Br)c(O)c(Br)cc12. The normalized spacial score (nSPS) is 11.4. The first-order chi connectivity index (χ1) is 19.8. The molecule has 1 amide bonds. The summed E-state index contributed by atoms with van der Waals surface area (Å²) in [5, 5.41) is 14.4. The number of aromatic hydroxyl groups is 1. The van der Waals surface area contributed by atoms with Gasteiger partial charge in [-0.15, -0.1) is 0 Å². The number of carbonyl (C=O) groups is 1. The van der Waals surface area contributed by atoms with Crippen LogP contribution in [0.2, 0.25) is 0 Å². The van der Waals surface area contributed by atoms with Crippen LogP contribution in [0.5, 0.6) is 5.75 Å². The van der Waals surface area contributed by atoms with E-state index < -0.39 is 0 Å². The van der Waals surface area contributed by atoms with E-state index in [1.807, 2.05) is 24.3 Å². The molecule has 0 unspecified atom stereocenters. The predicted octanol–water partition coefficient (Wildman–Crippen LogP) is 11.0. The van der Waals surface area contributed by atoms with E-state index in [2.05, 4.69) is 76.0 Å². The zero-order valence-electron chi connectivity index (χ0n) is 22.9. The third-order valence-electron chi connectivity index (χ3n) is 7.28. The van der Waals surface area contributed by atoms with Crippen LogP contribution in [-0.2, 0) is 0 Å². The van der Waals surface area contributed by atoms with Gasteiger partial charge < -0.3 is 14.8 Å². The van der Waals surface area contributed by atoms with Crippen LogP contribution in [0, 0.1) is 0 Å². The van der Waals surface area contributed by atoms with Gasteiger partial charge in [0.15, 0.2) is 11.3 Å². The van der Waals surface area contributed by atoms with Crippen molar-refractivity contribution < 1.29 is 14.3 Å². The van der Waals surface area contributed by atoms with Crippen LogP contribution in [0.3, 0.4) is 0 Å². The standard InChI is InChI=1S/C32H33Br4NO4/c1-2-3-4-5-6-7-8-9-10-13-16-37-32(40)20-15-12-11-14-19(20)25-21-17-23(33)28(38)26(35)30(21)41-31-22(25)18-24(34)29(39)27(31)36/h11-12,14-15,17-18,38H,2-10,13,16H2,1H3,(H,37,40). The van der Waals surface area contributed by atoms with Crippen molar-refractivity contribution >= 4 is 80.6 Å². The van der Waals surface area contributed by atoms with E-state index in [0.29, 0.717) is 58.9 Å². The van der Waals surface area contributed by atoms with Crippen LogP contribution in [0.25, 0.3) is 33.4 Å². The van der Waals surface area contributed by atoms with Gasteiger partial charge in [-0.25, -0.2) is 0 Å². The molecule has 2 aromatic carbocycles. The summed E-state index contributed by atoms with van der Waals surface area (Å²) in [7, 11) is 0. The maximum Gasteiger partial charge on any atom is 0.251 e. The molecule has 0 saturated carbocycles. The number of rotatable bonds is 13. The van der Waals surface area contributed by atoms with E-state index in [4.69, 9.17) is 4.42 Å². The van der Waals surface area contributed by atoms with Crippen molar-refractivity contribution in [3.05, 3.63) is 70.1 Å². The molecule has 2 aliphatic rings. The Balaban J connectivity index is 1.60. The number of carbonyl (C=O) groups excluding carboxylic acids is 1. The summed E-state index contributed by atoms with van der Waals surface area (Å²) in [5.41, 5.74) is 2.68. The number of halogens is 4. The third kappa shape index (κ3) is 7.46. The Morgan fingerprint density at radius 2 is 1.46 bits per heavy atom. The van der Waals surface area contributed by atoms with Crippen LogP contribution >= 0.6 is 63.7 Å². The fourth-order valence-electron chi connectivity index (χ4n) is 5.09. The van der Waals surface area contributed by atoms with Gasteiger partial charge in [-0.3, -0.25) is 9.59 Å². The van der Waals surface area contributed by atoms with Gasteiger partial charge in [-0.1, -0.05) is 82.9 Å². The Labute approximate surface area is 274 Å². The molecule has 0 radical (unpaired) electrons. The molecule has 0 bridgehead atoms. The molecule has 41 heavy (non-hydrogen) atoms. The van der Waals surface area contributed by atoms with Crippen LogP contribution in [0.1, 0.15) is 81.5 Å². The molecule has 5 nitrogen and oxygen atoms in total. The van der Waals surface area contributed by atoms with E-state index in [1.165, 1.54) is 51.4 Å². The first kappa shape index (κ1) is 32.2. The van der Waals surface area contributed by atoms with Gasteiger partial charge >= 0.3 is 0 Å². The number of hydrogen-bond donors (Lipinski definition) is 2. The Kier molecular flexibility index (Phi) is 11.9. The lowest BCUT2D eigenvalue weighted by Crippen LogP contribution is -2.25. The van der Waals surface area contributed by atoms with Gasteiger partial charge in [0.1, 0.15) is 14.7 Å². The molecule has 9 heteroatoms. The molecule has 4 rings (SSSR count). The second-order valence-corrected chi connectivity index (χ2v) is 13.5. The van der Waals surface area contributed by atoms with Crippen molar-refractivity contribution in [3.8, 4) is 28.2 Å². The van der Waals surface area contributed by atoms with Crippen molar-refractivity contribution in [2.45, 2.75) is 71.1 Å². The Bertz CT molecular complexity index is 1570. The molecule has 0 atom stereocenters. The topological polar surface area (TPSA) is 79.5 Å². The first-order valence-electron chi connectivity index (χ1n) is 14.1. The summed E-state index contributed by atoms with van der Waals surface area (Å²) >= 11 is 13.7. The van der Waals surface area contributed by atoms with Gasteiger partial charge in [-0.2, -0.15) is 0 Å². The number of nitrogens with one attached hydrogen (secondary N) is 1. The summed E-state index contributed by atoms with van der Waals surface area (Å²) in [5.74, 6) is 0.141. The van der Waals surface area contributed by atoms with Gasteiger partial charge in [0.2, 0.25) is 5.43 Å². The third-order valence-corrected chi connectivity index (χ3v) is 9.93. The van der Waals surface area contributed by atoms with Crippen molar-refractivity contribution in [3.63, 3.8) is 0 Å². The van der Waals surface area contributed by atoms with E-state index in [9.17, 15) is 14.7 Å². The molecule has 1 aliphatic heterocycles. The fraction of sp³-hybridized carbons (Fsp3) is 0.375. The summed E-state index contributed by atoms with van der Waals surface area (Å²) in [4.78, 5) is 26.2. The first-order valence-corrected chi connectivity index (χ1v) is 17.3. The highest BCUT2D eigenvalue weighted by Gasteiger charge is 2.27. The largest absolute Gasteiger partial charge is 0.505 e. The minimum absolute atomic E-state index is 0.0235. The van der Waals surface area contributed by atoms with E-state index in [1.54, 1.807) is 12.1 Å². The van der Waals surface area contributed by atoms with Crippen molar-refractivity contribution in [2.24, 2.45) is 0 Å². The number of unbranched alkanes of at least 4 members (excludes halogenated alkanes) is 9. The molecule has 0 fully saturated rings. The molecule has 0 spiro atoms. The lowest BCUT2D eigenvalue weighted by Gasteiger charge is -2.20. The lowest BCUT2D eigenvalue weighted by molar-refractivity contribution is 0.0953. The number of hydrogen-bond acceptors (Lipinski definition) is 4. The summed E-state index contributed by atoms with van der Waals surface area (Å²) in [6.07, 6.45) is 12.4. The average molecular weight is 815 g/mol. The summed E-state index contributed by atoms with van der Waals surface area (Å²) in [6.45, 7) is 2.85. The quantitative estimate of drug-likeness (QED) is 0.104. The highest BCUT2D eigenvalue weighted by Crippen LogP contribution is 2.49. The number of phenolic OH excluding ortho intramolecular Hbond substituents is 1. The number of fused-ring (bicyclic) bond motifs is 2. The van der Waals surface area contributed by atoms with Crippen LogP contribution < -0.4 is 10.7 Å². The lowest BCUT2D eigenvalue weighted by atomic mass is 9.90. The zero-order chi connectivity index (χ0) is 29.5. The van der Waals surface area contributed by atoms with E-state index >= 15 is 0 Å². The molecule has 0 saturated heterocycles. The Hall–Kier alpha value is -1.68. The van der Waals surface area contributed by atoms with Crippen LogP contribution in [0.15, 0.2) is 63.5 Å². The van der Waals surface area contributed by atoms with E-state index in [0.717, 1.165) is 12.8 Å². The maximum atomic E-state index is 13.5. The van der Waals surface area contributed by atoms with Crippen LogP contribution in [0.4, 0.5) is 0 Å². The van der Waals surface area contributed by atoms with Gasteiger partial charge in [0.05, 0.1) is 8.95 Å². The Morgan fingerprint density at radius 1 is 0.829 bits per heavy atom. The molecular weight excluding hydrogens is 782 g/mol. The monoisotopic (exact) mass is 811 g/mol. The molecule has 1 heterocycles.